The third-order valence-corrected chi connectivity index (χ3v) is 1.29. The van der Waals surface area contributed by atoms with Gasteiger partial charge in [0.1, 0.15) is 0 Å². The van der Waals surface area contributed by atoms with Crippen LogP contribution in [0.25, 0.3) is 0 Å². The molecular formula is C5H3F10N. The summed E-state index contributed by atoms with van der Waals surface area (Å²) in [7, 11) is 0. The lowest BCUT2D eigenvalue weighted by molar-refractivity contribution is -0.312. The van der Waals surface area contributed by atoms with E-state index in [1.807, 2.05) is 0 Å². The maximum absolute atomic E-state index is 12.2. The van der Waals surface area contributed by atoms with E-state index < -0.39 is 36.2 Å². The number of hydrogen-bond donors (Lipinski definition) is 1. The van der Waals surface area contributed by atoms with Crippen molar-refractivity contribution in [2.75, 3.05) is 0 Å². The molecule has 0 aromatic carbocycles. The molecule has 0 spiro atoms. The molecule has 0 aromatic rings. The van der Waals surface area contributed by atoms with Gasteiger partial charge in [0, 0.05) is 0 Å². The molecule has 16 heavy (non-hydrogen) atoms. The number of halogens is 10. The molecular weight excluding hydrogens is 264 g/mol. The Hall–Kier alpha value is -0.740. The first kappa shape index (κ1) is 15.3. The molecule has 0 saturated heterocycles. The van der Waals surface area contributed by atoms with Crippen molar-refractivity contribution in [2.24, 2.45) is 0 Å². The molecule has 0 aliphatic heterocycles. The molecule has 0 radical (unpaired) electrons. The van der Waals surface area contributed by atoms with E-state index in [9.17, 15) is 43.9 Å². The lowest BCUT2D eigenvalue weighted by atomic mass is 10.3. The molecule has 0 atom stereocenters. The van der Waals surface area contributed by atoms with Crippen molar-refractivity contribution >= 4 is 0 Å². The predicted octanol–water partition coefficient (Wildman–Crippen LogP) is 2.93. The molecule has 0 saturated carbocycles. The summed E-state index contributed by atoms with van der Waals surface area (Å²) in [5, 5.41) is -0.793. The molecule has 98 valence electrons. The Morgan fingerprint density at radius 2 is 1.06 bits per heavy atom. The van der Waals surface area contributed by atoms with Crippen LogP contribution in [0.15, 0.2) is 0 Å². The van der Waals surface area contributed by atoms with E-state index >= 15 is 0 Å². The minimum absolute atomic E-state index is 0.793. The van der Waals surface area contributed by atoms with Gasteiger partial charge in [0.15, 0.2) is 0 Å². The van der Waals surface area contributed by atoms with Crippen molar-refractivity contribution in [3.8, 4) is 0 Å². The fraction of sp³-hybridized carbons (Fsp3) is 1.00. The van der Waals surface area contributed by atoms with Crippen LogP contribution in [0, 0.1) is 0 Å². The third kappa shape index (κ3) is 2.89. The van der Waals surface area contributed by atoms with Crippen molar-refractivity contribution in [3.05, 3.63) is 0 Å². The fourth-order valence-corrected chi connectivity index (χ4v) is 0.484. The van der Waals surface area contributed by atoms with Gasteiger partial charge in [0.05, 0.1) is 0 Å². The third-order valence-electron chi connectivity index (χ3n) is 1.29. The van der Waals surface area contributed by atoms with Crippen molar-refractivity contribution in [1.82, 2.24) is 5.32 Å². The van der Waals surface area contributed by atoms with Crippen LogP contribution in [0.4, 0.5) is 43.9 Å². The molecule has 0 amide bonds. The first-order valence-corrected chi connectivity index (χ1v) is 3.33. The van der Waals surface area contributed by atoms with Gasteiger partial charge >= 0.3 is 30.9 Å². The summed E-state index contributed by atoms with van der Waals surface area (Å²) in [5.41, 5.74) is 0. The second kappa shape index (κ2) is 4.26. The van der Waals surface area contributed by atoms with Crippen LogP contribution in [0.1, 0.15) is 0 Å². The minimum atomic E-state index is -6.20. The number of rotatable bonds is 5. The van der Waals surface area contributed by atoms with Gasteiger partial charge in [-0.3, -0.25) is 0 Å². The molecule has 0 heterocycles. The largest absolute Gasteiger partial charge is 0.383 e. The number of nitrogens with one attached hydrogen (secondary N) is 1. The summed E-state index contributed by atoms with van der Waals surface area (Å²) in [6.07, 6.45) is -9.75. The second-order valence-electron chi connectivity index (χ2n) is 2.55. The predicted molar refractivity (Wildman–Crippen MR) is 30.0 cm³/mol. The van der Waals surface area contributed by atoms with E-state index in [2.05, 4.69) is 0 Å². The molecule has 1 N–H and O–H groups in total. The number of alkyl halides is 10. The summed E-state index contributed by atoms with van der Waals surface area (Å²) >= 11 is 0. The van der Waals surface area contributed by atoms with Crippen LogP contribution in [-0.2, 0) is 0 Å². The Bertz CT molecular complexity index is 235. The first-order valence-electron chi connectivity index (χ1n) is 3.33. The normalized spacial score (nSPS) is 15.0. The summed E-state index contributed by atoms with van der Waals surface area (Å²) < 4.78 is 118. The molecule has 0 aliphatic carbocycles. The zero-order valence-electron chi connectivity index (χ0n) is 6.93. The molecule has 0 aromatic heterocycles. The van der Waals surface area contributed by atoms with Crippen molar-refractivity contribution in [2.45, 2.75) is 30.9 Å². The SMILES string of the molecule is FC(F)C(F)(F)NC(F)(F)C(F)(F)C(F)F. The van der Waals surface area contributed by atoms with Crippen molar-refractivity contribution in [3.63, 3.8) is 0 Å². The van der Waals surface area contributed by atoms with Gasteiger partial charge in [0.25, 0.3) is 0 Å². The fourth-order valence-electron chi connectivity index (χ4n) is 0.484. The molecule has 1 nitrogen and oxygen atoms in total. The van der Waals surface area contributed by atoms with Crippen LogP contribution in [0.3, 0.4) is 0 Å². The summed E-state index contributed by atoms with van der Waals surface area (Å²) in [5.74, 6) is -6.20. The van der Waals surface area contributed by atoms with Crippen LogP contribution in [-0.4, -0.2) is 30.9 Å². The average molecular weight is 267 g/mol. The van der Waals surface area contributed by atoms with Crippen LogP contribution in [0.5, 0.6) is 0 Å². The van der Waals surface area contributed by atoms with E-state index in [0.29, 0.717) is 0 Å². The second-order valence-corrected chi connectivity index (χ2v) is 2.55. The van der Waals surface area contributed by atoms with E-state index in [1.54, 1.807) is 0 Å². The quantitative estimate of drug-likeness (QED) is 0.596. The average Bonchev–Trinajstić information content (AvgIpc) is 2.00. The smallest absolute Gasteiger partial charge is 0.203 e. The van der Waals surface area contributed by atoms with Gasteiger partial charge in [-0.1, -0.05) is 0 Å². The lowest BCUT2D eigenvalue weighted by Crippen LogP contribution is -2.62. The summed E-state index contributed by atoms with van der Waals surface area (Å²) in [6, 6.07) is -11.9. The monoisotopic (exact) mass is 267 g/mol. The van der Waals surface area contributed by atoms with E-state index in [4.69, 9.17) is 0 Å². The maximum Gasteiger partial charge on any atom is 0.383 e. The van der Waals surface area contributed by atoms with E-state index in [0.717, 1.165) is 0 Å². The Morgan fingerprint density at radius 3 is 1.31 bits per heavy atom. The highest BCUT2D eigenvalue weighted by molar-refractivity contribution is 4.88. The molecule has 0 aliphatic rings. The van der Waals surface area contributed by atoms with Gasteiger partial charge in [-0.2, -0.15) is 31.7 Å². The van der Waals surface area contributed by atoms with Gasteiger partial charge in [-0.15, -0.1) is 0 Å². The molecule has 0 fully saturated rings. The molecule has 0 rings (SSSR count). The van der Waals surface area contributed by atoms with E-state index in [-0.39, 0.29) is 0 Å². The Labute approximate surface area is 81.4 Å². The summed E-state index contributed by atoms with van der Waals surface area (Å²) in [4.78, 5) is 0. The zero-order valence-corrected chi connectivity index (χ0v) is 6.93. The van der Waals surface area contributed by atoms with Gasteiger partial charge in [0.2, 0.25) is 0 Å². The highest BCUT2D eigenvalue weighted by atomic mass is 19.3. The van der Waals surface area contributed by atoms with Gasteiger partial charge < -0.3 is 0 Å². The number of hydrogen-bond acceptors (Lipinski definition) is 1. The molecule has 0 bridgehead atoms. The van der Waals surface area contributed by atoms with Gasteiger partial charge in [-0.05, 0) is 0 Å². The standard InChI is InChI=1S/C5H3F10N/c6-1(7)3(10,11)5(14,15)16-4(12,13)2(8)9/h1-2,16H. The topological polar surface area (TPSA) is 12.0 Å². The molecule has 11 heteroatoms. The summed E-state index contributed by atoms with van der Waals surface area (Å²) in [6.45, 7) is 0. The van der Waals surface area contributed by atoms with Crippen LogP contribution < -0.4 is 5.32 Å². The van der Waals surface area contributed by atoms with Crippen LogP contribution >= 0.6 is 0 Å². The highest BCUT2D eigenvalue weighted by Gasteiger charge is 2.67. The Kier molecular flexibility index (Phi) is 4.06. The Balaban J connectivity index is 4.96. The first-order chi connectivity index (χ1) is 6.84. The Morgan fingerprint density at radius 1 is 0.688 bits per heavy atom. The maximum atomic E-state index is 12.2. The lowest BCUT2D eigenvalue weighted by Gasteiger charge is -2.29. The van der Waals surface area contributed by atoms with Crippen molar-refractivity contribution < 1.29 is 43.9 Å². The zero-order chi connectivity index (χ0) is 13.4. The molecule has 0 unspecified atom stereocenters. The van der Waals surface area contributed by atoms with E-state index in [1.165, 1.54) is 0 Å². The van der Waals surface area contributed by atoms with Crippen LogP contribution in [0.2, 0.25) is 0 Å². The van der Waals surface area contributed by atoms with Gasteiger partial charge in [-0.25, -0.2) is 17.6 Å². The highest BCUT2D eigenvalue weighted by Crippen LogP contribution is 2.39. The minimum Gasteiger partial charge on any atom is -0.203 e. The van der Waals surface area contributed by atoms with Crippen molar-refractivity contribution in [1.29, 1.82) is 0 Å².